The number of likely N-dealkylation sites (N-methyl/N-ethyl adjacent to an activating group) is 2. The van der Waals surface area contributed by atoms with E-state index in [1.165, 1.54) is 0 Å². The topological polar surface area (TPSA) is 148 Å². The largest absolute Gasteiger partial charge is 0.416 e. The van der Waals surface area contributed by atoms with E-state index in [1.807, 2.05) is 27.7 Å². The summed E-state index contributed by atoms with van der Waals surface area (Å²) in [5, 5.41) is 5.77. The number of hydrazine groups is 1. The number of anilines is 4. The molecule has 0 amide bonds. The standard InChI is InChI=1S/C30H46F6N10O2/c1-5-43(6-2)13-15-45(11-9-37)27-23(17-21(29(31,32)33)19-25(27)41-47)39-40-24-18-22(30(34,35)36)20-26(42-48)28(24)46(12-10-38)16-14-44(7-3)8-4/h17-20,39-40H,5-16,37-38H2,1-4H3. The van der Waals surface area contributed by atoms with Crippen LogP contribution in [0.4, 0.5) is 60.5 Å². The lowest BCUT2D eigenvalue weighted by Gasteiger charge is -2.32. The van der Waals surface area contributed by atoms with Crippen LogP contribution in [0, 0.1) is 9.81 Å². The summed E-state index contributed by atoms with van der Waals surface area (Å²) in [5.41, 5.74) is 12.7. The minimum absolute atomic E-state index is 0.0364. The molecule has 6 N–H and O–H groups in total. The van der Waals surface area contributed by atoms with Crippen molar-refractivity contribution in [2.45, 2.75) is 40.0 Å². The first kappa shape index (κ1) is 40.4. The first-order valence-electron chi connectivity index (χ1n) is 15.8. The number of alkyl halides is 6. The second kappa shape index (κ2) is 18.7. The number of halogens is 6. The molecule has 0 aromatic heterocycles. The molecule has 0 saturated heterocycles. The van der Waals surface area contributed by atoms with Gasteiger partial charge in [0.15, 0.2) is 0 Å². The maximum absolute atomic E-state index is 14.0. The molecule has 12 nitrogen and oxygen atoms in total. The first-order chi connectivity index (χ1) is 22.7. The summed E-state index contributed by atoms with van der Waals surface area (Å²) >= 11 is 0. The van der Waals surface area contributed by atoms with Crippen LogP contribution in [-0.4, -0.2) is 88.3 Å². The van der Waals surface area contributed by atoms with Gasteiger partial charge in [-0.3, -0.25) is 10.9 Å². The Labute approximate surface area is 276 Å². The summed E-state index contributed by atoms with van der Waals surface area (Å²) in [6.07, 6.45) is -9.79. The van der Waals surface area contributed by atoms with Crippen LogP contribution in [0.5, 0.6) is 0 Å². The van der Waals surface area contributed by atoms with Crippen molar-refractivity contribution in [1.82, 2.24) is 9.80 Å². The fourth-order valence-electron chi connectivity index (χ4n) is 5.28. The molecule has 0 bridgehead atoms. The van der Waals surface area contributed by atoms with Gasteiger partial charge in [0, 0.05) is 52.4 Å². The van der Waals surface area contributed by atoms with E-state index >= 15 is 0 Å². The fraction of sp³-hybridized carbons (Fsp3) is 0.600. The fourth-order valence-corrected chi connectivity index (χ4v) is 5.28. The number of nitrogens with one attached hydrogen (secondary N) is 2. The normalized spacial score (nSPS) is 12.0. The van der Waals surface area contributed by atoms with Crippen LogP contribution in [0.15, 0.2) is 34.6 Å². The zero-order valence-corrected chi connectivity index (χ0v) is 27.7. The van der Waals surface area contributed by atoms with Crippen molar-refractivity contribution in [3.63, 3.8) is 0 Å². The van der Waals surface area contributed by atoms with E-state index in [9.17, 15) is 36.2 Å². The molecule has 0 saturated carbocycles. The number of benzene rings is 2. The summed E-state index contributed by atoms with van der Waals surface area (Å²) in [4.78, 5) is 31.3. The minimum atomic E-state index is -4.90. The quantitative estimate of drug-likeness (QED) is 0.0680. The minimum Gasteiger partial charge on any atom is -0.365 e. The lowest BCUT2D eigenvalue weighted by Crippen LogP contribution is -2.38. The summed E-state index contributed by atoms with van der Waals surface area (Å²) in [6, 6.07) is 2.66. The molecule has 48 heavy (non-hydrogen) atoms. The van der Waals surface area contributed by atoms with Crippen molar-refractivity contribution in [3.8, 4) is 0 Å². The highest BCUT2D eigenvalue weighted by molar-refractivity contribution is 5.87. The van der Waals surface area contributed by atoms with Crippen LogP contribution >= 0.6 is 0 Å². The highest BCUT2D eigenvalue weighted by Gasteiger charge is 2.35. The van der Waals surface area contributed by atoms with Crippen molar-refractivity contribution in [1.29, 1.82) is 0 Å². The van der Waals surface area contributed by atoms with Crippen LogP contribution in [0.2, 0.25) is 0 Å². The Morgan fingerprint density at radius 1 is 0.583 bits per heavy atom. The molecular weight excluding hydrogens is 646 g/mol. The number of hydrogen-bond acceptors (Lipinski definition) is 12. The molecule has 0 atom stereocenters. The van der Waals surface area contributed by atoms with E-state index in [2.05, 4.69) is 31.0 Å². The average molecular weight is 693 g/mol. The molecule has 0 heterocycles. The second-order valence-electron chi connectivity index (χ2n) is 10.8. The molecule has 0 aliphatic heterocycles. The van der Waals surface area contributed by atoms with Gasteiger partial charge in [-0.05, 0) is 60.8 Å². The van der Waals surface area contributed by atoms with Crippen LogP contribution in [-0.2, 0) is 12.4 Å². The molecule has 0 unspecified atom stereocenters. The smallest absolute Gasteiger partial charge is 0.365 e. The molecule has 0 aliphatic rings. The SMILES string of the molecule is CCN(CC)CCN(CCN)c1c(N=O)cc(C(F)(F)F)cc1NNc1cc(C(F)(F)F)cc(N=O)c1N(CCN)CCN(CC)CC. The van der Waals surface area contributed by atoms with Gasteiger partial charge >= 0.3 is 12.4 Å². The average Bonchev–Trinajstić information content (AvgIpc) is 3.05. The lowest BCUT2D eigenvalue weighted by molar-refractivity contribution is -0.138. The van der Waals surface area contributed by atoms with Gasteiger partial charge in [0.2, 0.25) is 0 Å². The van der Waals surface area contributed by atoms with Gasteiger partial charge in [-0.25, -0.2) is 0 Å². The Balaban J connectivity index is 2.80. The highest BCUT2D eigenvalue weighted by atomic mass is 19.4. The highest BCUT2D eigenvalue weighted by Crippen LogP contribution is 2.45. The number of nitrogens with zero attached hydrogens (tertiary/aromatic N) is 6. The van der Waals surface area contributed by atoms with Crippen LogP contribution in [0.1, 0.15) is 38.8 Å². The zero-order chi connectivity index (χ0) is 36.1. The van der Waals surface area contributed by atoms with Crippen LogP contribution in [0.25, 0.3) is 0 Å². The van der Waals surface area contributed by atoms with Crippen LogP contribution in [0.3, 0.4) is 0 Å². The molecule has 0 aliphatic carbocycles. The Morgan fingerprint density at radius 3 is 1.17 bits per heavy atom. The number of hydrogen-bond donors (Lipinski definition) is 4. The molecule has 18 heteroatoms. The Bertz CT molecular complexity index is 1220. The molecule has 0 fully saturated rings. The van der Waals surface area contributed by atoms with Crippen molar-refractivity contribution < 1.29 is 26.3 Å². The van der Waals surface area contributed by atoms with Gasteiger partial charge in [-0.1, -0.05) is 27.7 Å². The number of nitroso groups, excluding NO2 is 2. The van der Waals surface area contributed by atoms with Gasteiger partial charge < -0.3 is 31.1 Å². The van der Waals surface area contributed by atoms with E-state index in [1.54, 1.807) is 9.80 Å². The van der Waals surface area contributed by atoms with E-state index in [4.69, 9.17) is 11.5 Å². The first-order valence-corrected chi connectivity index (χ1v) is 15.8. The van der Waals surface area contributed by atoms with Gasteiger partial charge in [0.25, 0.3) is 0 Å². The van der Waals surface area contributed by atoms with Crippen molar-refractivity contribution in [3.05, 3.63) is 45.2 Å². The number of nitrogens with two attached hydrogens (primary N) is 2. The molecular formula is C30H46F6N10O2. The summed E-state index contributed by atoms with van der Waals surface area (Å²) < 4.78 is 84.0. The monoisotopic (exact) mass is 692 g/mol. The molecule has 2 aromatic carbocycles. The Kier molecular flexibility index (Phi) is 15.8. The van der Waals surface area contributed by atoms with Crippen molar-refractivity contribution in [2.24, 2.45) is 21.8 Å². The predicted molar refractivity (Wildman–Crippen MR) is 179 cm³/mol. The second-order valence-corrected chi connectivity index (χ2v) is 10.8. The van der Waals surface area contributed by atoms with E-state index in [-0.39, 0.29) is 62.0 Å². The van der Waals surface area contributed by atoms with E-state index in [0.29, 0.717) is 51.4 Å². The Hall–Kier alpha value is -3.74. The third-order valence-corrected chi connectivity index (χ3v) is 7.95. The molecule has 2 rings (SSSR count). The lowest BCUT2D eigenvalue weighted by atomic mass is 10.1. The predicted octanol–water partition coefficient (Wildman–Crippen LogP) is 6.17. The summed E-state index contributed by atoms with van der Waals surface area (Å²) in [7, 11) is 0. The molecule has 2 aromatic rings. The molecule has 270 valence electrons. The van der Waals surface area contributed by atoms with Gasteiger partial charge in [-0.2, -0.15) is 26.3 Å². The Morgan fingerprint density at radius 2 is 0.917 bits per heavy atom. The molecule has 0 radical (unpaired) electrons. The van der Waals surface area contributed by atoms with Crippen molar-refractivity contribution >= 4 is 34.1 Å². The van der Waals surface area contributed by atoms with Crippen molar-refractivity contribution in [2.75, 3.05) is 99.2 Å². The summed E-state index contributed by atoms with van der Waals surface area (Å²) in [5.74, 6) is 0. The maximum atomic E-state index is 14.0. The maximum Gasteiger partial charge on any atom is 0.416 e. The van der Waals surface area contributed by atoms with E-state index in [0.717, 1.165) is 12.1 Å². The van der Waals surface area contributed by atoms with Gasteiger partial charge in [0.1, 0.15) is 11.4 Å². The number of rotatable bonds is 21. The summed E-state index contributed by atoms with van der Waals surface area (Å²) in [6.45, 7) is 12.3. The third-order valence-electron chi connectivity index (χ3n) is 7.95. The molecule has 0 spiro atoms. The van der Waals surface area contributed by atoms with Crippen LogP contribution < -0.4 is 32.1 Å². The van der Waals surface area contributed by atoms with Gasteiger partial charge in [0.05, 0.1) is 33.9 Å². The van der Waals surface area contributed by atoms with E-state index < -0.39 is 34.9 Å². The third kappa shape index (κ3) is 10.9. The van der Waals surface area contributed by atoms with Gasteiger partial charge in [-0.15, -0.1) is 9.81 Å². The zero-order valence-electron chi connectivity index (χ0n) is 27.7.